The number of methoxy groups -OCH3 is 1. The van der Waals surface area contributed by atoms with Gasteiger partial charge >= 0.3 is 5.97 Å². The number of rotatable bonds is 7. The van der Waals surface area contributed by atoms with Gasteiger partial charge in [-0.1, -0.05) is 18.7 Å². The minimum Gasteiger partial charge on any atom is -0.469 e. The Balaban J connectivity index is 2.02. The smallest absolute Gasteiger partial charge is 0.314 e. The molecule has 0 unspecified atom stereocenters. The summed E-state index contributed by atoms with van der Waals surface area (Å²) < 4.78 is 40.6. The van der Waals surface area contributed by atoms with E-state index in [2.05, 4.69) is 6.58 Å². The number of nitro benzene ring substituents is 1. The summed E-state index contributed by atoms with van der Waals surface area (Å²) in [5.41, 5.74) is -3.03. The predicted octanol–water partition coefficient (Wildman–Crippen LogP) is 3.21. The lowest BCUT2D eigenvalue weighted by molar-refractivity contribution is -0.387. The molecule has 13 heteroatoms. The van der Waals surface area contributed by atoms with Gasteiger partial charge in [0, 0.05) is 25.3 Å². The zero-order valence-electron chi connectivity index (χ0n) is 22.1. The average molecular weight is 565 g/mol. The maximum Gasteiger partial charge on any atom is 0.314 e. The van der Waals surface area contributed by atoms with E-state index in [1.165, 1.54) is 19.2 Å². The van der Waals surface area contributed by atoms with E-state index in [9.17, 15) is 32.9 Å². The van der Waals surface area contributed by atoms with E-state index in [1.54, 1.807) is 6.92 Å². The van der Waals surface area contributed by atoms with Crippen LogP contribution in [-0.4, -0.2) is 62.4 Å². The lowest BCUT2D eigenvalue weighted by Crippen LogP contribution is -2.78. The lowest BCUT2D eigenvalue weighted by Gasteiger charge is -2.66. The van der Waals surface area contributed by atoms with Gasteiger partial charge in [-0.3, -0.25) is 24.5 Å². The van der Waals surface area contributed by atoms with E-state index in [1.807, 2.05) is 19.6 Å². The number of esters is 1. The largest absolute Gasteiger partial charge is 0.469 e. The first-order valence-electron chi connectivity index (χ1n) is 12.3. The van der Waals surface area contributed by atoms with Crippen LogP contribution in [0.5, 0.6) is 0 Å². The van der Waals surface area contributed by atoms with Gasteiger partial charge in [-0.2, -0.15) is 0 Å². The minimum atomic E-state index is -4.81. The van der Waals surface area contributed by atoms with Crippen LogP contribution in [-0.2, 0) is 33.6 Å². The van der Waals surface area contributed by atoms with Gasteiger partial charge in [-0.05, 0) is 50.5 Å². The molecule has 206 valence electrons. The van der Waals surface area contributed by atoms with Gasteiger partial charge in [-0.25, -0.2) is 12.7 Å². The number of carbonyl (C=O) groups is 3. The third-order valence-electron chi connectivity index (χ3n) is 8.06. The number of carbonyl (C=O) groups excluding carboxylic acids is 3. The van der Waals surface area contributed by atoms with E-state index in [4.69, 9.17) is 9.16 Å². The highest BCUT2D eigenvalue weighted by Gasteiger charge is 2.75. The molecule has 2 saturated carbocycles. The first-order valence-corrected chi connectivity index (χ1v) is 17.2. The fourth-order valence-corrected chi connectivity index (χ4v) is 10.0. The zero-order valence-corrected chi connectivity index (χ0v) is 23.9. The number of piperidine rings is 2. The molecule has 5 rings (SSSR count). The van der Waals surface area contributed by atoms with Crippen molar-refractivity contribution in [2.45, 2.75) is 68.8 Å². The number of Topliss-reactive ketones (excluding diaryl/α,β-unsaturated/α-hetero) is 1. The summed E-state index contributed by atoms with van der Waals surface area (Å²) in [6, 6.07) is 3.47. The fourth-order valence-electron chi connectivity index (χ4n) is 6.74. The second-order valence-electron chi connectivity index (χ2n) is 11.3. The van der Waals surface area contributed by atoms with Gasteiger partial charge < -0.3 is 9.16 Å². The van der Waals surface area contributed by atoms with E-state index < -0.39 is 74.6 Å². The van der Waals surface area contributed by atoms with E-state index in [0.717, 1.165) is 12.1 Å². The van der Waals surface area contributed by atoms with Crippen LogP contribution in [0.15, 0.2) is 41.3 Å². The number of ether oxygens (including phenoxy) is 1. The number of amides is 1. The molecule has 11 nitrogen and oxygen atoms in total. The minimum absolute atomic E-state index is 0.0112. The number of nitrogens with zero attached hydrogens (tertiary/aromatic N) is 2. The molecule has 0 aromatic heterocycles. The van der Waals surface area contributed by atoms with Crippen LogP contribution in [0.4, 0.5) is 5.69 Å². The topological polar surface area (TPSA) is 150 Å². The maximum absolute atomic E-state index is 14.3. The van der Waals surface area contributed by atoms with E-state index in [-0.39, 0.29) is 31.5 Å². The SMILES string of the molecule is C=C(C)[C@]1(O[Si](C)(C)C)C[C@H]2N(S(=O)(=O)c3ccccc3[N+](=O)[O-])C(=O)[C@@H]1[C@@H]1CC(=O)CC[C@@]12C(=O)OC. The van der Waals surface area contributed by atoms with Crippen molar-refractivity contribution in [1.82, 2.24) is 4.31 Å². The molecule has 4 aliphatic rings. The highest BCUT2D eigenvalue weighted by atomic mass is 32.2. The highest BCUT2D eigenvalue weighted by molar-refractivity contribution is 7.89. The molecule has 1 aromatic carbocycles. The summed E-state index contributed by atoms with van der Waals surface area (Å²) in [4.78, 5) is 50.8. The molecule has 4 fully saturated rings. The van der Waals surface area contributed by atoms with Gasteiger partial charge in [0.05, 0.1) is 35.0 Å². The summed E-state index contributed by atoms with van der Waals surface area (Å²) in [7, 11) is -6.03. The van der Waals surface area contributed by atoms with Crippen molar-refractivity contribution in [2.24, 2.45) is 17.3 Å². The van der Waals surface area contributed by atoms with Crippen LogP contribution in [0.1, 0.15) is 32.6 Å². The van der Waals surface area contributed by atoms with Crippen molar-refractivity contribution in [3.8, 4) is 0 Å². The quantitative estimate of drug-likeness (QED) is 0.160. The van der Waals surface area contributed by atoms with Gasteiger partial charge in [-0.15, -0.1) is 0 Å². The van der Waals surface area contributed by atoms with Crippen molar-refractivity contribution in [3.63, 3.8) is 0 Å². The monoisotopic (exact) mass is 564 g/mol. The molecule has 2 saturated heterocycles. The highest BCUT2D eigenvalue weighted by Crippen LogP contribution is 2.64. The molecule has 0 spiro atoms. The summed E-state index contributed by atoms with van der Waals surface area (Å²) in [5, 5.41) is 11.7. The number of para-hydroxylation sites is 1. The third kappa shape index (κ3) is 3.93. The predicted molar refractivity (Wildman–Crippen MR) is 138 cm³/mol. The molecule has 1 amide bonds. The van der Waals surface area contributed by atoms with Gasteiger partial charge in [0.15, 0.2) is 13.2 Å². The number of hydrogen-bond acceptors (Lipinski definition) is 9. The molecule has 0 N–H and O–H groups in total. The summed E-state index contributed by atoms with van der Waals surface area (Å²) >= 11 is 0. The molecule has 1 aromatic rings. The van der Waals surface area contributed by atoms with Crippen molar-refractivity contribution in [3.05, 3.63) is 46.5 Å². The van der Waals surface area contributed by atoms with Crippen LogP contribution >= 0.6 is 0 Å². The average Bonchev–Trinajstić information content (AvgIpc) is 2.82. The van der Waals surface area contributed by atoms with Crippen LogP contribution in [0, 0.1) is 27.4 Å². The molecular weight excluding hydrogens is 532 g/mol. The van der Waals surface area contributed by atoms with Crippen LogP contribution in [0.25, 0.3) is 0 Å². The number of hydrogen-bond donors (Lipinski definition) is 0. The third-order valence-corrected chi connectivity index (χ3v) is 10.9. The second-order valence-corrected chi connectivity index (χ2v) is 17.5. The van der Waals surface area contributed by atoms with Gasteiger partial charge in [0.25, 0.3) is 15.7 Å². The summed E-state index contributed by atoms with van der Waals surface area (Å²) in [6.07, 6.45) is -0.203. The van der Waals surface area contributed by atoms with Gasteiger partial charge in [0.2, 0.25) is 5.91 Å². The first kappa shape index (κ1) is 28.1. The standard InChI is InChI=1S/C25H32N2O9SSi/c1-15(2)25(36-38(4,5)6)14-20-24(23(30)35-3)12-11-16(28)13-17(24)21(25)22(29)26(20)37(33,34)19-10-8-7-9-18(19)27(31)32/h7-10,17,20-21H,1,11-14H2,2-6H3/t17-,20+,21-,24+,25+/m0/s1. The van der Waals surface area contributed by atoms with Crippen molar-refractivity contribution in [1.29, 1.82) is 0 Å². The Kier molecular flexibility index (Phi) is 6.73. The number of fused-ring (bicyclic) bond motifs is 2. The Morgan fingerprint density at radius 3 is 2.42 bits per heavy atom. The van der Waals surface area contributed by atoms with Crippen LogP contribution < -0.4 is 0 Å². The van der Waals surface area contributed by atoms with Gasteiger partial charge in [0.1, 0.15) is 5.78 Å². The Hall–Kier alpha value is -2.90. The molecule has 38 heavy (non-hydrogen) atoms. The molecule has 2 heterocycles. The van der Waals surface area contributed by atoms with Crippen molar-refractivity contribution in [2.75, 3.05) is 7.11 Å². The summed E-state index contributed by atoms with van der Waals surface area (Å²) in [5.74, 6) is -3.85. The first-order chi connectivity index (χ1) is 17.5. The molecule has 2 aliphatic carbocycles. The Morgan fingerprint density at radius 2 is 1.87 bits per heavy atom. The number of nitro groups is 1. The molecule has 2 bridgehead atoms. The molecule has 2 aliphatic heterocycles. The fraction of sp³-hybridized carbons (Fsp3) is 0.560. The van der Waals surface area contributed by atoms with E-state index in [0.29, 0.717) is 9.88 Å². The van der Waals surface area contributed by atoms with Crippen LogP contribution in [0.3, 0.4) is 0 Å². The lowest BCUT2D eigenvalue weighted by atomic mass is 9.46. The maximum atomic E-state index is 14.3. The normalized spacial score (nSPS) is 31.1. The number of ketones is 1. The number of benzene rings is 1. The van der Waals surface area contributed by atoms with E-state index >= 15 is 0 Å². The number of sulfonamides is 1. The molecule has 5 atom stereocenters. The molecular formula is C25H32N2O9SSi. The zero-order chi connectivity index (χ0) is 28.4. The second kappa shape index (κ2) is 9.09. The summed E-state index contributed by atoms with van der Waals surface area (Å²) in [6.45, 7) is 11.6. The van der Waals surface area contributed by atoms with Crippen LogP contribution in [0.2, 0.25) is 19.6 Å². The molecule has 0 radical (unpaired) electrons. The Morgan fingerprint density at radius 1 is 1.24 bits per heavy atom. The van der Waals surface area contributed by atoms with Crippen molar-refractivity contribution >= 4 is 41.7 Å². The Bertz CT molecular complexity index is 1350. The Labute approximate surface area is 222 Å². The van der Waals surface area contributed by atoms with Crippen molar-refractivity contribution < 1.29 is 36.9 Å².